The number of anilines is 1. The predicted octanol–water partition coefficient (Wildman–Crippen LogP) is 1.01. The zero-order valence-electron chi connectivity index (χ0n) is 13.6. The van der Waals surface area contributed by atoms with Gasteiger partial charge in [0.2, 0.25) is 6.79 Å². The lowest BCUT2D eigenvalue weighted by Gasteiger charge is -2.29. The zero-order valence-corrected chi connectivity index (χ0v) is 13.6. The number of amides is 1. The van der Waals surface area contributed by atoms with Gasteiger partial charge >= 0.3 is 0 Å². The first-order valence-electron chi connectivity index (χ1n) is 8.13. The van der Waals surface area contributed by atoms with Crippen molar-refractivity contribution in [2.75, 3.05) is 25.2 Å². The van der Waals surface area contributed by atoms with Crippen LogP contribution >= 0.6 is 0 Å². The normalized spacial score (nSPS) is 22.7. The van der Waals surface area contributed by atoms with E-state index in [1.165, 1.54) is 18.2 Å². The number of hydrogen-bond acceptors (Lipinski definition) is 4. The fourth-order valence-corrected chi connectivity index (χ4v) is 3.25. The number of carbonyl (C=O) groups is 2. The van der Waals surface area contributed by atoms with Crippen molar-refractivity contribution in [3.63, 3.8) is 0 Å². The number of ketones is 1. The van der Waals surface area contributed by atoms with Gasteiger partial charge in [0.25, 0.3) is 5.91 Å². The minimum atomic E-state index is -0.114. The molecule has 0 spiro atoms. The Hall–Kier alpha value is -2.08. The molecule has 2 heterocycles. The second-order valence-corrected chi connectivity index (χ2v) is 6.34. The molecule has 1 saturated heterocycles. The fraction of sp³-hybridized carbons (Fsp3) is 0.529. The lowest BCUT2D eigenvalue weighted by Crippen LogP contribution is -3.17. The van der Waals surface area contributed by atoms with Crippen LogP contribution in [-0.2, 0) is 4.79 Å². The maximum absolute atomic E-state index is 12.4. The molecule has 1 aromatic rings. The predicted molar refractivity (Wildman–Crippen MR) is 85.2 cm³/mol. The summed E-state index contributed by atoms with van der Waals surface area (Å²) >= 11 is 0. The van der Waals surface area contributed by atoms with Crippen LogP contribution in [0.1, 0.15) is 43.5 Å². The smallest absolute Gasteiger partial charge is 0.279 e. The first-order valence-corrected chi connectivity index (χ1v) is 8.13. The number of nitrogens with one attached hydrogen (secondary N) is 2. The van der Waals surface area contributed by atoms with Crippen molar-refractivity contribution in [1.29, 1.82) is 0 Å². The summed E-state index contributed by atoms with van der Waals surface area (Å²) in [6.45, 7) is 5.25. The zero-order chi connectivity index (χ0) is 16.4. The molecule has 2 atom stereocenters. The number of Topliss-reactive ketones (excluding diaryl/α,β-unsaturated/α-hetero) is 1. The topological polar surface area (TPSA) is 69.1 Å². The van der Waals surface area contributed by atoms with Crippen molar-refractivity contribution in [1.82, 2.24) is 0 Å². The van der Waals surface area contributed by atoms with Crippen LogP contribution in [0, 0.1) is 0 Å². The lowest BCUT2D eigenvalue weighted by atomic mass is 10.0. The van der Waals surface area contributed by atoms with Crippen LogP contribution in [0.3, 0.4) is 0 Å². The minimum absolute atomic E-state index is 0.0740. The minimum Gasteiger partial charge on any atom is -0.454 e. The van der Waals surface area contributed by atoms with Gasteiger partial charge in [0.05, 0.1) is 18.3 Å². The van der Waals surface area contributed by atoms with E-state index in [9.17, 15) is 9.59 Å². The molecule has 1 amide bonds. The molecule has 0 aromatic heterocycles. The van der Waals surface area contributed by atoms with Crippen LogP contribution in [0.4, 0.5) is 5.69 Å². The first kappa shape index (κ1) is 15.8. The highest BCUT2D eigenvalue weighted by Crippen LogP contribution is 2.37. The van der Waals surface area contributed by atoms with Gasteiger partial charge in [-0.15, -0.1) is 0 Å². The molecular formula is C17H23N2O4+. The van der Waals surface area contributed by atoms with Crippen LogP contribution < -0.4 is 19.7 Å². The average Bonchev–Trinajstić information content (AvgIpc) is 2.96. The summed E-state index contributed by atoms with van der Waals surface area (Å²) in [5.41, 5.74) is 0.945. The van der Waals surface area contributed by atoms with Crippen molar-refractivity contribution in [2.45, 2.75) is 39.2 Å². The van der Waals surface area contributed by atoms with E-state index in [0.29, 0.717) is 35.3 Å². The monoisotopic (exact) mass is 319 g/mol. The third-order valence-electron chi connectivity index (χ3n) is 4.64. The molecule has 2 N–H and O–H groups in total. The number of piperidine rings is 1. The number of benzene rings is 1. The van der Waals surface area contributed by atoms with E-state index >= 15 is 0 Å². The molecule has 0 aliphatic carbocycles. The van der Waals surface area contributed by atoms with Gasteiger partial charge in [-0.05, 0) is 39.2 Å². The quantitative estimate of drug-likeness (QED) is 0.813. The highest BCUT2D eigenvalue weighted by molar-refractivity contribution is 6.04. The van der Waals surface area contributed by atoms with Crippen LogP contribution in [0.2, 0.25) is 0 Å². The Bertz CT molecular complexity index is 629. The van der Waals surface area contributed by atoms with Gasteiger partial charge in [-0.2, -0.15) is 0 Å². The summed E-state index contributed by atoms with van der Waals surface area (Å²) in [7, 11) is 0. The van der Waals surface area contributed by atoms with Crippen molar-refractivity contribution in [3.8, 4) is 11.5 Å². The maximum Gasteiger partial charge on any atom is 0.279 e. The molecule has 0 radical (unpaired) electrons. The molecule has 6 heteroatoms. The molecule has 1 aromatic carbocycles. The van der Waals surface area contributed by atoms with E-state index in [4.69, 9.17) is 9.47 Å². The van der Waals surface area contributed by atoms with E-state index in [-0.39, 0.29) is 18.5 Å². The third-order valence-corrected chi connectivity index (χ3v) is 4.64. The lowest BCUT2D eigenvalue weighted by molar-refractivity contribution is -0.920. The number of quaternary nitrogens is 1. The number of fused-ring (bicyclic) bond motifs is 1. The summed E-state index contributed by atoms with van der Waals surface area (Å²) < 4.78 is 10.6. The summed E-state index contributed by atoms with van der Waals surface area (Å²) in [4.78, 5) is 25.5. The number of ether oxygens (including phenoxy) is 2. The van der Waals surface area contributed by atoms with Gasteiger partial charge in [0.15, 0.2) is 23.8 Å². The average molecular weight is 319 g/mol. The highest BCUT2D eigenvalue weighted by atomic mass is 16.7. The molecule has 23 heavy (non-hydrogen) atoms. The number of carbonyl (C=O) groups excluding carboxylic acids is 2. The van der Waals surface area contributed by atoms with Crippen LogP contribution in [-0.4, -0.2) is 37.6 Å². The first-order chi connectivity index (χ1) is 11.0. The van der Waals surface area contributed by atoms with E-state index in [1.807, 2.05) is 0 Å². The third kappa shape index (κ3) is 3.47. The molecule has 0 bridgehead atoms. The second kappa shape index (κ2) is 6.58. The Morgan fingerprint density at radius 2 is 2.00 bits per heavy atom. The van der Waals surface area contributed by atoms with Crippen molar-refractivity contribution < 1.29 is 24.0 Å². The molecule has 1 unspecified atom stereocenters. The van der Waals surface area contributed by atoms with E-state index in [2.05, 4.69) is 12.2 Å². The molecule has 3 rings (SSSR count). The highest BCUT2D eigenvalue weighted by Gasteiger charge is 2.25. The van der Waals surface area contributed by atoms with E-state index in [0.717, 1.165) is 19.4 Å². The largest absolute Gasteiger partial charge is 0.454 e. The Morgan fingerprint density at radius 1 is 1.26 bits per heavy atom. The Balaban J connectivity index is 1.74. The van der Waals surface area contributed by atoms with E-state index in [1.54, 1.807) is 12.1 Å². The molecule has 0 saturated carbocycles. The SMILES string of the molecule is CC(=O)c1cc2c(cc1NC(=O)C[NH+]1CCCC[C@@H]1C)OCO2. The molecular weight excluding hydrogens is 296 g/mol. The van der Waals surface area contributed by atoms with Crippen LogP contribution in [0.5, 0.6) is 11.5 Å². The summed E-state index contributed by atoms with van der Waals surface area (Å²) in [6, 6.07) is 3.81. The number of hydrogen-bond donors (Lipinski definition) is 2. The van der Waals surface area contributed by atoms with Gasteiger partial charge < -0.3 is 19.7 Å². The molecule has 2 aliphatic rings. The van der Waals surface area contributed by atoms with E-state index < -0.39 is 0 Å². The summed E-state index contributed by atoms with van der Waals surface area (Å²) in [5, 5.41) is 2.87. The molecule has 6 nitrogen and oxygen atoms in total. The van der Waals surface area contributed by atoms with Gasteiger partial charge in [0.1, 0.15) is 0 Å². The van der Waals surface area contributed by atoms with Gasteiger partial charge in [-0.25, -0.2) is 0 Å². The Kier molecular flexibility index (Phi) is 4.52. The van der Waals surface area contributed by atoms with Crippen molar-refractivity contribution >= 4 is 17.4 Å². The van der Waals surface area contributed by atoms with Crippen LogP contribution in [0.25, 0.3) is 0 Å². The second-order valence-electron chi connectivity index (χ2n) is 6.34. The van der Waals surface area contributed by atoms with Gasteiger partial charge in [-0.3, -0.25) is 9.59 Å². The number of rotatable bonds is 4. The van der Waals surface area contributed by atoms with Gasteiger partial charge in [-0.1, -0.05) is 0 Å². The molecule has 2 aliphatic heterocycles. The van der Waals surface area contributed by atoms with Crippen molar-refractivity contribution in [3.05, 3.63) is 17.7 Å². The molecule has 1 fully saturated rings. The summed E-state index contributed by atoms with van der Waals surface area (Å²) in [5.74, 6) is 0.917. The number of likely N-dealkylation sites (tertiary alicyclic amines) is 1. The fourth-order valence-electron chi connectivity index (χ4n) is 3.25. The Morgan fingerprint density at radius 3 is 2.70 bits per heavy atom. The standard InChI is InChI=1S/C17H22N2O4/c1-11-5-3-4-6-19(11)9-17(21)18-14-8-16-15(22-10-23-16)7-13(14)12(2)20/h7-8,11H,3-6,9-10H2,1-2H3,(H,18,21)/p+1/t11-/m0/s1. The van der Waals surface area contributed by atoms with Gasteiger partial charge in [0, 0.05) is 11.6 Å². The summed E-state index contributed by atoms with van der Waals surface area (Å²) in [6.07, 6.45) is 3.56. The Labute approximate surface area is 135 Å². The molecule has 124 valence electrons. The van der Waals surface area contributed by atoms with Crippen molar-refractivity contribution in [2.24, 2.45) is 0 Å². The van der Waals surface area contributed by atoms with Crippen LogP contribution in [0.15, 0.2) is 12.1 Å². The maximum atomic E-state index is 12.4.